The van der Waals surface area contributed by atoms with Crippen LogP contribution in [0.2, 0.25) is 0 Å². The van der Waals surface area contributed by atoms with Gasteiger partial charge in [0.15, 0.2) is 23.7 Å². The van der Waals surface area contributed by atoms with E-state index in [2.05, 4.69) is 69.8 Å². The number of aliphatic hydroxyl groups is 1. The molecule has 3 aliphatic carbocycles. The first-order valence-corrected chi connectivity index (χ1v) is 19.8. The van der Waals surface area contributed by atoms with Gasteiger partial charge in [-0.2, -0.15) is 24.0 Å². The van der Waals surface area contributed by atoms with Crippen molar-refractivity contribution in [1.29, 1.82) is 0 Å². The average Bonchev–Trinajstić information content (AvgIpc) is 3.99. The standard InChI is InChI=1S/C19H20BrN5O.C19H22BrN5O/c20-16-10-22-25-18(21-9-13-2-1-5-24(26)11-13)8-17(23-19(16)25)15-7-12-3-4-14(15)6-12;20-16-11-23-25-18(22-10-13-4-3-7-21-9-13)8-17(24-19(16)25)15-6-2-1-5-14(15)12-26/h1-2,5,8,10-12,14-15,21H,3-4,6-7,9H2;3-4,7-9,11,14-15,22,26H,1-2,5-6,10,12H2/t;14-,15-/m.1/s1. The Morgan fingerprint density at radius 3 is 2.10 bits per heavy atom. The van der Waals surface area contributed by atoms with Gasteiger partial charge in [0.25, 0.3) is 0 Å². The van der Waals surface area contributed by atoms with Crippen molar-refractivity contribution in [3.8, 4) is 0 Å². The minimum atomic E-state index is 0.219. The van der Waals surface area contributed by atoms with Crippen molar-refractivity contribution < 1.29 is 9.84 Å². The van der Waals surface area contributed by atoms with Gasteiger partial charge >= 0.3 is 0 Å². The Morgan fingerprint density at radius 2 is 1.48 bits per heavy atom. The van der Waals surface area contributed by atoms with Crippen molar-refractivity contribution in [3.05, 3.63) is 110 Å². The Labute approximate surface area is 319 Å². The maximum Gasteiger partial charge on any atom is 0.185 e. The van der Waals surface area contributed by atoms with E-state index in [0.29, 0.717) is 24.9 Å². The molecule has 6 heterocycles. The minimum Gasteiger partial charge on any atom is -0.619 e. The predicted octanol–water partition coefficient (Wildman–Crippen LogP) is 7.41. The number of halogens is 2. The molecule has 3 unspecified atom stereocenters. The van der Waals surface area contributed by atoms with Crippen LogP contribution < -0.4 is 15.4 Å². The third-order valence-corrected chi connectivity index (χ3v) is 12.2. The van der Waals surface area contributed by atoms with Crippen molar-refractivity contribution in [1.82, 2.24) is 34.2 Å². The average molecular weight is 831 g/mol. The van der Waals surface area contributed by atoms with Crippen molar-refractivity contribution in [2.45, 2.75) is 76.3 Å². The summed E-state index contributed by atoms with van der Waals surface area (Å²) in [7, 11) is 0. The lowest BCUT2D eigenvalue weighted by atomic mass is 9.78. The Bertz CT molecular complexity index is 2150. The zero-order chi connectivity index (χ0) is 35.6. The molecule has 3 N–H and O–H groups in total. The van der Waals surface area contributed by atoms with E-state index >= 15 is 0 Å². The first-order chi connectivity index (χ1) is 25.4. The van der Waals surface area contributed by atoms with Crippen molar-refractivity contribution >= 4 is 54.8 Å². The van der Waals surface area contributed by atoms with Gasteiger partial charge in [0.05, 0.1) is 27.0 Å². The van der Waals surface area contributed by atoms with Gasteiger partial charge in [0.2, 0.25) is 0 Å². The summed E-state index contributed by atoms with van der Waals surface area (Å²) in [6.07, 6.45) is 20.1. The highest BCUT2D eigenvalue weighted by Crippen LogP contribution is 2.52. The van der Waals surface area contributed by atoms with Gasteiger partial charge in [-0.3, -0.25) is 4.98 Å². The Balaban J connectivity index is 0.000000149. The zero-order valence-electron chi connectivity index (χ0n) is 28.8. The summed E-state index contributed by atoms with van der Waals surface area (Å²) in [6.45, 7) is 1.45. The minimum absolute atomic E-state index is 0.219. The summed E-state index contributed by atoms with van der Waals surface area (Å²) < 4.78 is 6.25. The van der Waals surface area contributed by atoms with Gasteiger partial charge in [0, 0.05) is 73.4 Å². The molecular formula is C38H42Br2N10O2. The van der Waals surface area contributed by atoms with E-state index in [4.69, 9.17) is 9.97 Å². The van der Waals surface area contributed by atoms with E-state index in [9.17, 15) is 10.3 Å². The number of pyridine rings is 2. The summed E-state index contributed by atoms with van der Waals surface area (Å²) in [5.41, 5.74) is 5.89. The third-order valence-electron chi connectivity index (χ3n) is 11.0. The number of hydrogen-bond donors (Lipinski definition) is 3. The Morgan fingerprint density at radius 1 is 0.808 bits per heavy atom. The number of rotatable bonds is 9. The molecule has 12 nitrogen and oxygen atoms in total. The molecule has 0 aromatic carbocycles. The highest BCUT2D eigenvalue weighted by molar-refractivity contribution is 9.11. The SMILES string of the molecule is OC[C@H]1CCCC[C@H]1c1cc(NCc2cccnc2)n2ncc(Br)c2n1.[O-][n+]1cccc(CNc2cc(C3CC4CCC3C4)nc3c(Br)cnn23)c1. The van der Waals surface area contributed by atoms with Crippen LogP contribution in [0.1, 0.15) is 85.7 Å². The first kappa shape index (κ1) is 34.9. The number of nitrogens with zero attached hydrogens (tertiary/aromatic N) is 8. The van der Waals surface area contributed by atoms with Gasteiger partial charge in [-0.15, -0.1) is 0 Å². The lowest BCUT2D eigenvalue weighted by molar-refractivity contribution is -0.605. The lowest BCUT2D eigenvalue weighted by Gasteiger charge is -2.30. The molecule has 52 heavy (non-hydrogen) atoms. The van der Waals surface area contributed by atoms with Crippen molar-refractivity contribution in [2.24, 2.45) is 17.8 Å². The highest BCUT2D eigenvalue weighted by Gasteiger charge is 2.41. The largest absolute Gasteiger partial charge is 0.619 e. The molecule has 0 radical (unpaired) electrons. The molecule has 270 valence electrons. The smallest absolute Gasteiger partial charge is 0.185 e. The van der Waals surface area contributed by atoms with Crippen molar-refractivity contribution in [2.75, 3.05) is 17.2 Å². The second-order valence-corrected chi connectivity index (χ2v) is 16.1. The molecule has 3 fully saturated rings. The first-order valence-electron chi connectivity index (χ1n) is 18.2. The second kappa shape index (κ2) is 15.5. The highest BCUT2D eigenvalue weighted by atomic mass is 79.9. The fourth-order valence-electron chi connectivity index (χ4n) is 8.46. The Hall–Kier alpha value is -4.14. The van der Waals surface area contributed by atoms with Crippen LogP contribution in [0.4, 0.5) is 11.6 Å². The van der Waals surface area contributed by atoms with E-state index in [0.717, 1.165) is 78.1 Å². The molecule has 3 saturated carbocycles. The fraction of sp³-hybridized carbons (Fsp3) is 0.421. The number of aliphatic hydroxyl groups excluding tert-OH is 1. The summed E-state index contributed by atoms with van der Waals surface area (Å²) in [4.78, 5) is 14.0. The van der Waals surface area contributed by atoms with Crippen molar-refractivity contribution in [3.63, 3.8) is 0 Å². The summed E-state index contributed by atoms with van der Waals surface area (Å²) in [5.74, 6) is 4.61. The van der Waals surface area contributed by atoms with E-state index in [1.807, 2.05) is 33.4 Å². The maximum absolute atomic E-state index is 11.5. The summed E-state index contributed by atoms with van der Waals surface area (Å²) >= 11 is 7.13. The van der Waals surface area contributed by atoms with Gasteiger partial charge in [-0.05, 0) is 99.4 Å². The number of aromatic nitrogens is 8. The molecule has 0 spiro atoms. The van der Waals surface area contributed by atoms with E-state index in [1.165, 1.54) is 50.4 Å². The van der Waals surface area contributed by atoms with Crippen LogP contribution in [-0.2, 0) is 13.1 Å². The van der Waals surface area contributed by atoms with Crippen LogP contribution in [0, 0.1) is 23.0 Å². The third kappa shape index (κ3) is 7.38. The molecule has 0 amide bonds. The zero-order valence-corrected chi connectivity index (χ0v) is 32.0. The van der Waals surface area contributed by atoms with Crippen LogP contribution in [0.5, 0.6) is 0 Å². The number of fused-ring (bicyclic) bond motifs is 4. The normalized spacial score (nSPS) is 22.4. The lowest BCUT2D eigenvalue weighted by Crippen LogP contribution is -2.25. The predicted molar refractivity (Wildman–Crippen MR) is 206 cm³/mol. The van der Waals surface area contributed by atoms with Crippen LogP contribution in [0.15, 0.2) is 82.5 Å². The van der Waals surface area contributed by atoms with Gasteiger partial charge in [0.1, 0.15) is 11.6 Å². The monoisotopic (exact) mass is 828 g/mol. The molecule has 5 atom stereocenters. The number of hydrogen-bond acceptors (Lipinski definition) is 9. The molecule has 3 aliphatic rings. The second-order valence-electron chi connectivity index (χ2n) is 14.3. The van der Waals surface area contributed by atoms with Gasteiger partial charge in [-0.1, -0.05) is 25.3 Å². The quantitative estimate of drug-likeness (QED) is 0.100. The molecule has 0 saturated heterocycles. The van der Waals surface area contributed by atoms with Gasteiger partial charge < -0.3 is 20.9 Å². The topological polar surface area (TPSA) is 144 Å². The fourth-order valence-corrected chi connectivity index (χ4v) is 9.15. The van der Waals surface area contributed by atoms with Gasteiger partial charge in [-0.25, -0.2) is 9.97 Å². The molecule has 9 rings (SSSR count). The number of anilines is 2. The maximum atomic E-state index is 11.5. The molecule has 14 heteroatoms. The molecule has 2 bridgehead atoms. The van der Waals surface area contributed by atoms with Crippen LogP contribution in [0.3, 0.4) is 0 Å². The van der Waals surface area contributed by atoms with Crippen LogP contribution in [0.25, 0.3) is 11.3 Å². The molecule has 6 aromatic rings. The summed E-state index contributed by atoms with van der Waals surface area (Å²) in [6, 6.07) is 11.9. The molecule has 0 aliphatic heterocycles. The van der Waals surface area contributed by atoms with Crippen LogP contribution >= 0.6 is 31.9 Å². The number of nitrogens with one attached hydrogen (secondary N) is 2. The van der Waals surface area contributed by atoms with E-state index < -0.39 is 0 Å². The van der Waals surface area contributed by atoms with E-state index in [1.54, 1.807) is 30.9 Å². The van der Waals surface area contributed by atoms with Crippen LogP contribution in [-0.4, -0.2) is 45.9 Å². The summed E-state index contributed by atoms with van der Waals surface area (Å²) in [5, 5.41) is 37.1. The molecular weight excluding hydrogens is 788 g/mol. The molecule has 6 aromatic heterocycles. The Kier molecular flexibility index (Phi) is 10.4. The van der Waals surface area contributed by atoms with E-state index in [-0.39, 0.29) is 12.5 Å².